The van der Waals surface area contributed by atoms with E-state index in [0.29, 0.717) is 18.1 Å². The highest BCUT2D eigenvalue weighted by molar-refractivity contribution is 7.10. The molecule has 0 aliphatic rings. The van der Waals surface area contributed by atoms with E-state index < -0.39 is 12.2 Å². The van der Waals surface area contributed by atoms with E-state index in [1.165, 1.54) is 17.4 Å². The van der Waals surface area contributed by atoms with Gasteiger partial charge in [0.05, 0.1) is 13.1 Å². The molecule has 2 rings (SSSR count). The zero-order chi connectivity index (χ0) is 19.0. The third-order valence-corrected chi connectivity index (χ3v) is 4.72. The lowest BCUT2D eigenvalue weighted by Gasteiger charge is -2.23. The van der Waals surface area contributed by atoms with E-state index >= 15 is 0 Å². The number of aliphatic hydroxyl groups is 1. The molecule has 0 spiro atoms. The fraction of sp³-hybridized carbons (Fsp3) is 0.389. The highest BCUT2D eigenvalue weighted by atomic mass is 32.1. The molecule has 1 unspecified atom stereocenters. The van der Waals surface area contributed by atoms with Crippen molar-refractivity contribution in [3.8, 4) is 5.75 Å². The van der Waals surface area contributed by atoms with Gasteiger partial charge in [0.15, 0.2) is 5.96 Å². The van der Waals surface area contributed by atoms with Gasteiger partial charge in [-0.15, -0.1) is 11.3 Å². The molecule has 2 aromatic rings. The maximum absolute atomic E-state index is 12.5. The number of nitrogens with one attached hydrogen (secondary N) is 2. The second-order valence-electron chi connectivity index (χ2n) is 5.79. The number of hydrogen-bond donors (Lipinski definition) is 3. The van der Waals surface area contributed by atoms with Gasteiger partial charge in [-0.2, -0.15) is 8.78 Å². The van der Waals surface area contributed by atoms with Gasteiger partial charge in [0.1, 0.15) is 11.4 Å². The number of rotatable bonds is 8. The molecule has 142 valence electrons. The van der Waals surface area contributed by atoms with Gasteiger partial charge in [0, 0.05) is 17.0 Å². The van der Waals surface area contributed by atoms with Crippen LogP contribution in [0.15, 0.2) is 46.8 Å². The van der Waals surface area contributed by atoms with Gasteiger partial charge in [-0.3, -0.25) is 0 Å². The zero-order valence-electron chi connectivity index (χ0n) is 14.7. The average molecular weight is 383 g/mol. The molecule has 0 amide bonds. The molecule has 0 aliphatic carbocycles. The Hall–Kier alpha value is -2.19. The van der Waals surface area contributed by atoms with Gasteiger partial charge in [-0.05, 0) is 31.4 Å². The maximum atomic E-state index is 12.5. The van der Waals surface area contributed by atoms with Crippen molar-refractivity contribution in [1.29, 1.82) is 0 Å². The minimum Gasteiger partial charge on any atom is -0.434 e. The van der Waals surface area contributed by atoms with Crippen LogP contribution in [-0.4, -0.2) is 30.8 Å². The molecule has 0 aliphatic heterocycles. The molecule has 1 heterocycles. The van der Waals surface area contributed by atoms with E-state index in [2.05, 4.69) is 20.4 Å². The fourth-order valence-electron chi connectivity index (χ4n) is 2.28. The largest absolute Gasteiger partial charge is 0.434 e. The van der Waals surface area contributed by atoms with Gasteiger partial charge >= 0.3 is 6.61 Å². The van der Waals surface area contributed by atoms with E-state index in [-0.39, 0.29) is 18.8 Å². The van der Waals surface area contributed by atoms with Gasteiger partial charge in [0.25, 0.3) is 0 Å². The number of para-hydroxylation sites is 1. The number of benzene rings is 1. The predicted molar refractivity (Wildman–Crippen MR) is 99.8 cm³/mol. The standard InChI is InChI=1S/C18H23F2N3O2S/c1-3-21-17(23-12-18(2,24)15-9-6-10-26-15)22-11-13-7-4-5-8-14(13)25-16(19)20/h4-10,16,24H,3,11-12H2,1-2H3,(H2,21,22,23). The summed E-state index contributed by atoms with van der Waals surface area (Å²) in [5, 5.41) is 18.6. The van der Waals surface area contributed by atoms with E-state index in [0.717, 1.165) is 4.88 Å². The summed E-state index contributed by atoms with van der Waals surface area (Å²) >= 11 is 1.47. The van der Waals surface area contributed by atoms with Crippen LogP contribution in [0, 0.1) is 0 Å². The Balaban J connectivity index is 2.05. The molecule has 3 N–H and O–H groups in total. The lowest BCUT2D eigenvalue weighted by Crippen LogP contribution is -2.44. The molecule has 0 saturated carbocycles. The third-order valence-electron chi connectivity index (χ3n) is 3.59. The first kappa shape index (κ1) is 20.1. The van der Waals surface area contributed by atoms with Crippen molar-refractivity contribution < 1.29 is 18.6 Å². The van der Waals surface area contributed by atoms with Crippen molar-refractivity contribution in [1.82, 2.24) is 10.6 Å². The van der Waals surface area contributed by atoms with Crippen molar-refractivity contribution in [3.05, 3.63) is 52.2 Å². The van der Waals surface area contributed by atoms with E-state index in [1.54, 1.807) is 25.1 Å². The van der Waals surface area contributed by atoms with Crippen molar-refractivity contribution in [2.45, 2.75) is 32.6 Å². The van der Waals surface area contributed by atoms with Crippen LogP contribution in [0.1, 0.15) is 24.3 Å². The Morgan fingerprint density at radius 3 is 2.69 bits per heavy atom. The average Bonchev–Trinajstić information content (AvgIpc) is 3.13. The summed E-state index contributed by atoms with van der Waals surface area (Å²) in [5.41, 5.74) is -0.490. The summed E-state index contributed by atoms with van der Waals surface area (Å²) in [6.45, 7) is 1.81. The topological polar surface area (TPSA) is 65.9 Å². The number of ether oxygens (including phenoxy) is 1. The number of alkyl halides is 2. The number of hydrogen-bond acceptors (Lipinski definition) is 4. The summed E-state index contributed by atoms with van der Waals surface area (Å²) < 4.78 is 29.5. The molecule has 0 bridgehead atoms. The van der Waals surface area contributed by atoms with Gasteiger partial charge in [-0.25, -0.2) is 4.99 Å². The van der Waals surface area contributed by atoms with E-state index in [9.17, 15) is 13.9 Å². The van der Waals surface area contributed by atoms with Crippen LogP contribution in [0.4, 0.5) is 8.78 Å². The summed E-state index contributed by atoms with van der Waals surface area (Å²) in [4.78, 5) is 5.24. The summed E-state index contributed by atoms with van der Waals surface area (Å²) in [7, 11) is 0. The molecule has 0 saturated heterocycles. The molecule has 26 heavy (non-hydrogen) atoms. The summed E-state index contributed by atoms with van der Waals surface area (Å²) in [6.07, 6.45) is 0. The molecule has 1 atom stereocenters. The van der Waals surface area contributed by atoms with Crippen molar-refractivity contribution in [3.63, 3.8) is 0 Å². The second-order valence-corrected chi connectivity index (χ2v) is 6.73. The van der Waals surface area contributed by atoms with Crippen molar-refractivity contribution in [2.24, 2.45) is 4.99 Å². The van der Waals surface area contributed by atoms with Gasteiger partial charge in [0.2, 0.25) is 0 Å². The van der Waals surface area contributed by atoms with Crippen LogP contribution < -0.4 is 15.4 Å². The molecule has 0 fully saturated rings. The Morgan fingerprint density at radius 1 is 1.27 bits per heavy atom. The minimum atomic E-state index is -2.88. The number of guanidine groups is 1. The maximum Gasteiger partial charge on any atom is 0.387 e. The normalized spacial score (nSPS) is 14.2. The van der Waals surface area contributed by atoms with Crippen LogP contribution in [-0.2, 0) is 12.1 Å². The Morgan fingerprint density at radius 2 is 2.04 bits per heavy atom. The molecule has 1 aromatic heterocycles. The summed E-state index contributed by atoms with van der Waals surface area (Å²) in [6, 6.07) is 10.3. The monoisotopic (exact) mass is 383 g/mol. The highest BCUT2D eigenvalue weighted by Gasteiger charge is 2.24. The highest BCUT2D eigenvalue weighted by Crippen LogP contribution is 2.24. The lowest BCUT2D eigenvalue weighted by molar-refractivity contribution is -0.0504. The van der Waals surface area contributed by atoms with Crippen LogP contribution in [0.25, 0.3) is 0 Å². The fourth-order valence-corrected chi connectivity index (χ4v) is 3.07. The molecule has 1 aromatic carbocycles. The van der Waals surface area contributed by atoms with Crippen molar-refractivity contribution in [2.75, 3.05) is 13.1 Å². The van der Waals surface area contributed by atoms with Crippen LogP contribution in [0.3, 0.4) is 0 Å². The number of thiophene rings is 1. The van der Waals surface area contributed by atoms with E-state index in [4.69, 9.17) is 0 Å². The first-order valence-corrected chi connectivity index (χ1v) is 9.11. The Bertz CT molecular complexity index is 706. The lowest BCUT2D eigenvalue weighted by atomic mass is 10.1. The number of aliphatic imine (C=N–C) groups is 1. The van der Waals surface area contributed by atoms with E-state index in [1.807, 2.05) is 24.4 Å². The number of nitrogens with zero attached hydrogens (tertiary/aromatic N) is 1. The Labute approximate surface area is 155 Å². The van der Waals surface area contributed by atoms with Gasteiger partial charge < -0.3 is 20.5 Å². The summed E-state index contributed by atoms with van der Waals surface area (Å²) in [5.74, 6) is 0.587. The SMILES string of the molecule is CCNC(=NCc1ccccc1OC(F)F)NCC(C)(O)c1cccs1. The molecular weight excluding hydrogens is 360 g/mol. The first-order valence-electron chi connectivity index (χ1n) is 8.23. The minimum absolute atomic E-state index is 0.104. The van der Waals surface area contributed by atoms with Crippen LogP contribution in [0.5, 0.6) is 5.75 Å². The molecule has 8 heteroatoms. The molecular formula is C18H23F2N3O2S. The zero-order valence-corrected chi connectivity index (χ0v) is 15.5. The van der Waals surface area contributed by atoms with Crippen molar-refractivity contribution >= 4 is 17.3 Å². The second kappa shape index (κ2) is 9.49. The number of halogens is 2. The molecule has 0 radical (unpaired) electrons. The third kappa shape index (κ3) is 5.96. The first-order chi connectivity index (χ1) is 12.4. The predicted octanol–water partition coefficient (Wildman–Crippen LogP) is 3.31. The quantitative estimate of drug-likeness (QED) is 0.483. The Kier molecular flexibility index (Phi) is 7.35. The molecule has 5 nitrogen and oxygen atoms in total. The smallest absolute Gasteiger partial charge is 0.387 e. The van der Waals surface area contributed by atoms with Gasteiger partial charge in [-0.1, -0.05) is 24.3 Å². The van der Waals surface area contributed by atoms with Crippen LogP contribution in [0.2, 0.25) is 0 Å². The van der Waals surface area contributed by atoms with Crippen LogP contribution >= 0.6 is 11.3 Å².